The Hall–Kier alpha value is -1.75. The second-order valence-electron chi connectivity index (χ2n) is 5.18. The zero-order valence-electron chi connectivity index (χ0n) is 12.4. The molecular formula is C13H16N4O4S2. The predicted molar refractivity (Wildman–Crippen MR) is 83.9 cm³/mol. The number of carboxylic acids is 1. The first-order valence-electron chi connectivity index (χ1n) is 6.94. The fourth-order valence-electron chi connectivity index (χ4n) is 2.51. The van der Waals surface area contributed by atoms with Crippen LogP contribution >= 0.6 is 11.3 Å². The Labute approximate surface area is 137 Å². The molecule has 1 aliphatic heterocycles. The van der Waals surface area contributed by atoms with E-state index in [0.29, 0.717) is 30.9 Å². The van der Waals surface area contributed by atoms with Gasteiger partial charge in [0.15, 0.2) is 0 Å². The first-order chi connectivity index (χ1) is 10.9. The lowest BCUT2D eigenvalue weighted by atomic mass is 10.1. The fourth-order valence-corrected chi connectivity index (χ4v) is 5.39. The lowest BCUT2D eigenvalue weighted by Gasteiger charge is -2.12. The molecule has 2 aromatic rings. The topological polar surface area (TPSA) is 113 Å². The molecule has 1 aliphatic rings. The van der Waals surface area contributed by atoms with Gasteiger partial charge in [0, 0.05) is 30.9 Å². The van der Waals surface area contributed by atoms with Gasteiger partial charge >= 0.3 is 5.97 Å². The number of carboxylic acid groups (broad SMARTS) is 1. The second kappa shape index (κ2) is 6.04. The van der Waals surface area contributed by atoms with Crippen LogP contribution in [0, 0.1) is 0 Å². The minimum absolute atomic E-state index is 0.00566. The third-order valence-corrected chi connectivity index (χ3v) is 6.85. The Morgan fingerprint density at radius 1 is 1.57 bits per heavy atom. The van der Waals surface area contributed by atoms with Crippen LogP contribution in [0.15, 0.2) is 16.6 Å². The summed E-state index contributed by atoms with van der Waals surface area (Å²) < 4.78 is 29.1. The van der Waals surface area contributed by atoms with Crippen LogP contribution in [0.1, 0.15) is 26.6 Å². The summed E-state index contributed by atoms with van der Waals surface area (Å²) in [5, 5.41) is 12.6. The van der Waals surface area contributed by atoms with Gasteiger partial charge in [0.05, 0.1) is 12.1 Å². The Bertz CT molecular complexity index is 853. The molecule has 0 aliphatic carbocycles. The highest BCUT2D eigenvalue weighted by Gasteiger charge is 2.31. The molecule has 0 fully saturated rings. The lowest BCUT2D eigenvalue weighted by molar-refractivity contribution is 0.0692. The van der Waals surface area contributed by atoms with Gasteiger partial charge in [-0.05, 0) is 18.5 Å². The number of hydrogen-bond acceptors (Lipinski definition) is 6. The zero-order valence-corrected chi connectivity index (χ0v) is 14.0. The van der Waals surface area contributed by atoms with Crippen LogP contribution in [0.5, 0.6) is 0 Å². The van der Waals surface area contributed by atoms with Gasteiger partial charge in [0.1, 0.15) is 10.0 Å². The molecule has 8 nitrogen and oxygen atoms in total. The average Bonchev–Trinajstić information content (AvgIpc) is 3.09. The van der Waals surface area contributed by atoms with Crippen molar-refractivity contribution in [2.24, 2.45) is 7.05 Å². The van der Waals surface area contributed by atoms with E-state index in [1.54, 1.807) is 24.0 Å². The number of rotatable bonds is 5. The number of aromatic carboxylic acids is 1. The van der Waals surface area contributed by atoms with E-state index < -0.39 is 16.0 Å². The number of hydrogen-bond donors (Lipinski definition) is 3. The maximum absolute atomic E-state index is 12.6. The van der Waals surface area contributed by atoms with Crippen molar-refractivity contribution < 1.29 is 18.3 Å². The molecule has 0 bridgehead atoms. The van der Waals surface area contributed by atoms with Gasteiger partial charge in [0.25, 0.3) is 10.0 Å². The predicted octanol–water partition coefficient (Wildman–Crippen LogP) is 0.304. The van der Waals surface area contributed by atoms with Crippen molar-refractivity contribution in [3.63, 3.8) is 0 Å². The quantitative estimate of drug-likeness (QED) is 0.710. The molecule has 0 aromatic carbocycles. The van der Waals surface area contributed by atoms with Crippen LogP contribution in [0.4, 0.5) is 0 Å². The molecule has 0 amide bonds. The van der Waals surface area contributed by atoms with Crippen molar-refractivity contribution >= 4 is 27.3 Å². The van der Waals surface area contributed by atoms with Gasteiger partial charge in [0.2, 0.25) is 0 Å². The average molecular weight is 356 g/mol. The lowest BCUT2D eigenvalue weighted by Crippen LogP contribution is -2.26. The maximum Gasteiger partial charge on any atom is 0.338 e. The van der Waals surface area contributed by atoms with E-state index >= 15 is 0 Å². The number of thiophene rings is 1. The minimum Gasteiger partial charge on any atom is -0.478 e. The summed E-state index contributed by atoms with van der Waals surface area (Å²) in [4.78, 5) is 16.4. The summed E-state index contributed by atoms with van der Waals surface area (Å²) in [6.45, 7) is 1.14. The molecule has 0 unspecified atom stereocenters. The Balaban J connectivity index is 1.95. The number of aryl methyl sites for hydroxylation is 1. The van der Waals surface area contributed by atoms with Gasteiger partial charge in [-0.25, -0.2) is 22.9 Å². The van der Waals surface area contributed by atoms with Crippen molar-refractivity contribution in [2.75, 3.05) is 6.54 Å². The van der Waals surface area contributed by atoms with E-state index in [9.17, 15) is 18.3 Å². The molecule has 0 atom stereocenters. The van der Waals surface area contributed by atoms with Gasteiger partial charge in [-0.3, -0.25) is 0 Å². The number of aromatic nitrogens is 2. The Morgan fingerprint density at radius 3 is 3.00 bits per heavy atom. The van der Waals surface area contributed by atoms with E-state index in [0.717, 1.165) is 16.2 Å². The Morgan fingerprint density at radius 2 is 2.35 bits per heavy atom. The summed E-state index contributed by atoms with van der Waals surface area (Å²) in [7, 11) is -2.16. The summed E-state index contributed by atoms with van der Waals surface area (Å²) in [5.41, 5.74) is 0.525. The summed E-state index contributed by atoms with van der Waals surface area (Å²) in [6, 6.07) is 0. The summed E-state index contributed by atoms with van der Waals surface area (Å²) >= 11 is 1.02. The largest absolute Gasteiger partial charge is 0.478 e. The van der Waals surface area contributed by atoms with Crippen molar-refractivity contribution in [3.8, 4) is 0 Å². The van der Waals surface area contributed by atoms with Crippen molar-refractivity contribution in [2.45, 2.75) is 23.7 Å². The molecule has 3 rings (SSSR count). The number of sulfonamides is 1. The van der Waals surface area contributed by atoms with Gasteiger partial charge in [-0.2, -0.15) is 0 Å². The van der Waals surface area contributed by atoms with Crippen molar-refractivity contribution in [3.05, 3.63) is 34.2 Å². The molecular weight excluding hydrogens is 340 g/mol. The third-order valence-electron chi connectivity index (χ3n) is 3.69. The number of carbonyl (C=O) groups is 1. The highest BCUT2D eigenvalue weighted by Crippen LogP contribution is 2.34. The van der Waals surface area contributed by atoms with Crippen LogP contribution in [-0.4, -0.2) is 35.6 Å². The standard InChI is InChI=1S/C13H16N4O4S2/c1-17-5-4-15-10(17)7-16-23(20,21)13-11(12(18)19)8-2-3-14-6-9(8)22-13/h4-5,14,16H,2-3,6-7H2,1H3,(H,18,19). The molecule has 0 saturated carbocycles. The monoisotopic (exact) mass is 356 g/mol. The van der Waals surface area contributed by atoms with E-state index in [1.165, 1.54) is 0 Å². The highest BCUT2D eigenvalue weighted by molar-refractivity contribution is 7.91. The minimum atomic E-state index is -3.92. The van der Waals surface area contributed by atoms with Crippen molar-refractivity contribution in [1.82, 2.24) is 19.6 Å². The van der Waals surface area contributed by atoms with Crippen molar-refractivity contribution in [1.29, 1.82) is 0 Å². The van der Waals surface area contributed by atoms with Crippen LogP contribution in [-0.2, 0) is 36.6 Å². The first kappa shape index (κ1) is 16.1. The van der Waals surface area contributed by atoms with E-state index in [4.69, 9.17) is 0 Å². The van der Waals surface area contributed by atoms with E-state index in [-0.39, 0.29) is 16.3 Å². The second-order valence-corrected chi connectivity index (χ2v) is 8.24. The van der Waals surface area contributed by atoms with Crippen LogP contribution < -0.4 is 10.0 Å². The Kier molecular flexibility index (Phi) is 4.23. The SMILES string of the molecule is Cn1ccnc1CNS(=O)(=O)c1sc2c(c1C(=O)O)CCNC2. The van der Waals surface area contributed by atoms with Crippen LogP contribution in [0.3, 0.4) is 0 Å². The van der Waals surface area contributed by atoms with Gasteiger partial charge in [-0.15, -0.1) is 11.3 Å². The van der Waals surface area contributed by atoms with E-state index in [1.807, 2.05) is 0 Å². The molecule has 0 saturated heterocycles. The number of nitrogens with zero attached hydrogens (tertiary/aromatic N) is 2. The first-order valence-corrected chi connectivity index (χ1v) is 9.24. The van der Waals surface area contributed by atoms with Crippen LogP contribution in [0.2, 0.25) is 0 Å². The molecule has 3 N–H and O–H groups in total. The van der Waals surface area contributed by atoms with Gasteiger partial charge in [-0.1, -0.05) is 0 Å². The highest BCUT2D eigenvalue weighted by atomic mass is 32.2. The maximum atomic E-state index is 12.6. The smallest absolute Gasteiger partial charge is 0.338 e. The van der Waals surface area contributed by atoms with Crippen LogP contribution in [0.25, 0.3) is 0 Å². The number of nitrogens with one attached hydrogen (secondary N) is 2. The molecule has 3 heterocycles. The number of fused-ring (bicyclic) bond motifs is 1. The molecule has 0 spiro atoms. The van der Waals surface area contributed by atoms with E-state index in [2.05, 4.69) is 15.0 Å². The molecule has 23 heavy (non-hydrogen) atoms. The molecule has 2 aromatic heterocycles. The van der Waals surface area contributed by atoms with Gasteiger partial charge < -0.3 is 15.0 Å². The third kappa shape index (κ3) is 3.02. The fraction of sp³-hybridized carbons (Fsp3) is 0.385. The molecule has 0 radical (unpaired) electrons. The summed E-state index contributed by atoms with van der Waals surface area (Å²) in [5.74, 6) is -0.657. The number of imidazole rings is 1. The normalized spacial score (nSPS) is 14.7. The zero-order chi connectivity index (χ0) is 16.6. The molecule has 10 heteroatoms. The molecule has 124 valence electrons. The summed E-state index contributed by atoms with van der Waals surface area (Å²) in [6.07, 6.45) is 3.80.